The Morgan fingerprint density at radius 3 is 2.58 bits per heavy atom. The molecule has 2 rings (SSSR count). The van der Waals surface area contributed by atoms with Gasteiger partial charge in [0.2, 0.25) is 0 Å². The molecule has 1 atom stereocenters. The second kappa shape index (κ2) is 8.36. The predicted octanol–water partition coefficient (Wildman–Crippen LogP) is 3.89. The lowest BCUT2D eigenvalue weighted by Gasteiger charge is -2.14. The van der Waals surface area contributed by atoms with Crippen molar-refractivity contribution in [3.8, 4) is 0 Å². The third kappa shape index (κ3) is 4.40. The summed E-state index contributed by atoms with van der Waals surface area (Å²) in [5, 5.41) is 6.62. The molecule has 0 saturated heterocycles. The van der Waals surface area contributed by atoms with Crippen LogP contribution in [0.1, 0.15) is 34.5 Å². The van der Waals surface area contributed by atoms with Gasteiger partial charge in [0.25, 0.3) is 5.91 Å². The van der Waals surface area contributed by atoms with E-state index >= 15 is 0 Å². The van der Waals surface area contributed by atoms with Crippen molar-refractivity contribution in [3.63, 3.8) is 0 Å². The fourth-order valence-electron chi connectivity index (χ4n) is 2.02. The van der Waals surface area contributed by atoms with Crippen LogP contribution in [0.3, 0.4) is 0 Å². The molecule has 0 unspecified atom stereocenters. The Balaban J connectivity index is 2.28. The van der Waals surface area contributed by atoms with Gasteiger partial charge in [0, 0.05) is 17.3 Å². The van der Waals surface area contributed by atoms with Gasteiger partial charge in [0.15, 0.2) is 0 Å². The van der Waals surface area contributed by atoms with E-state index in [1.807, 2.05) is 31.2 Å². The van der Waals surface area contributed by atoms with Crippen molar-refractivity contribution in [2.24, 2.45) is 5.73 Å². The van der Waals surface area contributed by atoms with Crippen LogP contribution in [0.5, 0.6) is 0 Å². The van der Waals surface area contributed by atoms with E-state index in [9.17, 15) is 9.59 Å². The van der Waals surface area contributed by atoms with Crippen LogP contribution in [0.25, 0.3) is 0 Å². The summed E-state index contributed by atoms with van der Waals surface area (Å²) < 4.78 is 4.29. The number of urea groups is 1. The van der Waals surface area contributed by atoms with Gasteiger partial charge < -0.3 is 11.1 Å². The molecule has 0 aliphatic rings. The smallest absolute Gasteiger partial charge is 0.319 e. The standard InChI is InChI=1S/C15H17ClN4O2S2/c1-3-10(8-4-6-9(16)7-5-8)23-14-11(12(17)21)13(24-20-14)19-15(22)18-2/h4-7,10H,3H2,1-2H3,(H2,17,21)(H2,18,19,22)/t10-/m0/s1. The molecule has 0 radical (unpaired) electrons. The Bertz CT molecular complexity index is 734. The summed E-state index contributed by atoms with van der Waals surface area (Å²) >= 11 is 8.40. The Labute approximate surface area is 153 Å². The number of carbonyl (C=O) groups is 2. The first-order valence-electron chi connectivity index (χ1n) is 7.16. The molecule has 6 nitrogen and oxygen atoms in total. The Hall–Kier alpha value is -1.77. The molecule has 0 bridgehead atoms. The van der Waals surface area contributed by atoms with Gasteiger partial charge in [-0.15, -0.1) is 0 Å². The lowest BCUT2D eigenvalue weighted by atomic mass is 10.1. The van der Waals surface area contributed by atoms with Crippen LogP contribution >= 0.6 is 34.9 Å². The van der Waals surface area contributed by atoms with Gasteiger partial charge >= 0.3 is 6.03 Å². The van der Waals surface area contributed by atoms with Crippen molar-refractivity contribution in [1.82, 2.24) is 9.69 Å². The number of hydrogen-bond acceptors (Lipinski definition) is 5. The zero-order chi connectivity index (χ0) is 17.7. The van der Waals surface area contributed by atoms with Crippen LogP contribution in [-0.4, -0.2) is 23.4 Å². The van der Waals surface area contributed by atoms with Crippen molar-refractivity contribution in [3.05, 3.63) is 40.4 Å². The molecule has 0 spiro atoms. The minimum atomic E-state index is -0.622. The summed E-state index contributed by atoms with van der Waals surface area (Å²) in [5.74, 6) is -0.622. The highest BCUT2D eigenvalue weighted by Gasteiger charge is 2.23. The number of anilines is 1. The second-order valence-electron chi connectivity index (χ2n) is 4.83. The van der Waals surface area contributed by atoms with Crippen LogP contribution in [0.4, 0.5) is 9.80 Å². The fourth-order valence-corrected chi connectivity index (χ4v) is 4.24. The van der Waals surface area contributed by atoms with E-state index in [-0.39, 0.29) is 10.8 Å². The highest BCUT2D eigenvalue weighted by Crippen LogP contribution is 2.41. The van der Waals surface area contributed by atoms with Crippen molar-refractivity contribution in [1.29, 1.82) is 0 Å². The number of nitrogens with two attached hydrogens (primary N) is 1. The number of thioether (sulfide) groups is 1. The number of benzene rings is 1. The quantitative estimate of drug-likeness (QED) is 0.658. The number of hydrogen-bond donors (Lipinski definition) is 3. The first-order chi connectivity index (χ1) is 11.5. The maximum absolute atomic E-state index is 11.8. The van der Waals surface area contributed by atoms with Crippen molar-refractivity contribution in [2.75, 3.05) is 12.4 Å². The van der Waals surface area contributed by atoms with Gasteiger partial charge in [-0.05, 0) is 35.6 Å². The SMILES string of the molecule is CC[C@H](Sc1nsc(NC(=O)NC)c1C(N)=O)c1ccc(Cl)cc1. The number of halogens is 1. The van der Waals surface area contributed by atoms with E-state index in [1.54, 1.807) is 0 Å². The van der Waals surface area contributed by atoms with Crippen LogP contribution in [0.15, 0.2) is 29.3 Å². The van der Waals surface area contributed by atoms with E-state index in [2.05, 4.69) is 15.0 Å². The van der Waals surface area contributed by atoms with E-state index in [1.165, 1.54) is 18.8 Å². The lowest BCUT2D eigenvalue weighted by molar-refractivity contribution is 0.0998. The largest absolute Gasteiger partial charge is 0.365 e. The van der Waals surface area contributed by atoms with Crippen LogP contribution < -0.4 is 16.4 Å². The van der Waals surface area contributed by atoms with Crippen molar-refractivity contribution < 1.29 is 9.59 Å². The lowest BCUT2D eigenvalue weighted by Crippen LogP contribution is -2.25. The molecular formula is C15H17ClN4O2S2. The zero-order valence-electron chi connectivity index (χ0n) is 13.1. The number of rotatable bonds is 6. The van der Waals surface area contributed by atoms with Crippen molar-refractivity contribution in [2.45, 2.75) is 23.6 Å². The maximum atomic E-state index is 11.8. The van der Waals surface area contributed by atoms with Crippen LogP contribution in [0.2, 0.25) is 5.02 Å². The third-order valence-corrected chi connectivity index (χ3v) is 5.77. The highest BCUT2D eigenvalue weighted by atomic mass is 35.5. The monoisotopic (exact) mass is 384 g/mol. The topological polar surface area (TPSA) is 97.1 Å². The van der Waals surface area contributed by atoms with Gasteiger partial charge in [-0.1, -0.05) is 42.4 Å². The number of nitrogens with zero attached hydrogens (tertiary/aromatic N) is 1. The van der Waals surface area contributed by atoms with Crippen LogP contribution in [0, 0.1) is 0 Å². The zero-order valence-corrected chi connectivity index (χ0v) is 15.5. The number of primary amides is 1. The van der Waals surface area contributed by atoms with Gasteiger partial charge in [0.1, 0.15) is 15.6 Å². The normalized spacial score (nSPS) is 11.8. The summed E-state index contributed by atoms with van der Waals surface area (Å²) in [5.41, 5.74) is 6.79. The predicted molar refractivity (Wildman–Crippen MR) is 99.1 cm³/mol. The molecule has 1 aromatic heterocycles. The molecule has 3 amide bonds. The summed E-state index contributed by atoms with van der Waals surface area (Å²) in [4.78, 5) is 23.3. The molecule has 0 fully saturated rings. The van der Waals surface area contributed by atoms with Gasteiger partial charge in [-0.25, -0.2) is 4.79 Å². The second-order valence-corrected chi connectivity index (χ2v) is 7.23. The summed E-state index contributed by atoms with van der Waals surface area (Å²) in [6, 6.07) is 7.12. The van der Waals surface area contributed by atoms with E-state index in [0.717, 1.165) is 23.5 Å². The molecule has 2 aromatic rings. The number of aromatic nitrogens is 1. The van der Waals surface area contributed by atoms with Crippen molar-refractivity contribution >= 4 is 51.8 Å². The third-order valence-electron chi connectivity index (χ3n) is 3.23. The molecule has 4 N–H and O–H groups in total. The van der Waals surface area contributed by atoms with E-state index < -0.39 is 11.9 Å². The summed E-state index contributed by atoms with van der Waals surface area (Å²) in [6.45, 7) is 2.05. The van der Waals surface area contributed by atoms with E-state index in [4.69, 9.17) is 17.3 Å². The molecule has 9 heteroatoms. The minimum Gasteiger partial charge on any atom is -0.365 e. The van der Waals surface area contributed by atoms with E-state index in [0.29, 0.717) is 15.0 Å². The Morgan fingerprint density at radius 2 is 2.04 bits per heavy atom. The van der Waals surface area contributed by atoms with Gasteiger partial charge in [-0.2, -0.15) is 4.37 Å². The molecule has 0 saturated carbocycles. The number of carbonyl (C=O) groups excluding carboxylic acids is 2. The van der Waals surface area contributed by atoms with Crippen LogP contribution in [-0.2, 0) is 0 Å². The first kappa shape index (κ1) is 18.6. The van der Waals surface area contributed by atoms with Gasteiger partial charge in [0.05, 0.1) is 0 Å². The Kier molecular flexibility index (Phi) is 6.47. The minimum absolute atomic E-state index is 0.0929. The average Bonchev–Trinajstić information content (AvgIpc) is 2.95. The number of nitrogens with one attached hydrogen (secondary N) is 2. The molecule has 0 aliphatic heterocycles. The number of amides is 3. The fraction of sp³-hybridized carbons (Fsp3) is 0.267. The molecule has 24 heavy (non-hydrogen) atoms. The first-order valence-corrected chi connectivity index (χ1v) is 9.19. The molecule has 1 aromatic carbocycles. The highest BCUT2D eigenvalue weighted by molar-refractivity contribution is 7.99. The molecule has 0 aliphatic carbocycles. The molecule has 1 heterocycles. The maximum Gasteiger partial charge on any atom is 0.319 e. The average molecular weight is 385 g/mol. The Morgan fingerprint density at radius 1 is 1.38 bits per heavy atom. The summed E-state index contributed by atoms with van der Waals surface area (Å²) in [6.07, 6.45) is 0.834. The summed E-state index contributed by atoms with van der Waals surface area (Å²) in [7, 11) is 1.49. The van der Waals surface area contributed by atoms with Gasteiger partial charge in [-0.3, -0.25) is 10.1 Å². The molecule has 128 valence electrons. The molecular weight excluding hydrogens is 368 g/mol.